The Balaban J connectivity index is 1.64. The molecule has 1 aliphatic rings. The number of hydrogen-bond donors (Lipinski definition) is 2. The van der Waals surface area contributed by atoms with Crippen LogP contribution >= 0.6 is 0 Å². The first-order valence-corrected chi connectivity index (χ1v) is 10.0. The van der Waals surface area contributed by atoms with Gasteiger partial charge in [0.25, 0.3) is 0 Å². The first kappa shape index (κ1) is 21.5. The Morgan fingerprint density at radius 1 is 1.07 bits per heavy atom. The largest absolute Gasteiger partial charge is 0.511 e. The van der Waals surface area contributed by atoms with Gasteiger partial charge in [0.05, 0.1) is 11.8 Å². The molecule has 1 atom stereocenters. The number of rotatable bonds is 7. The smallest absolute Gasteiger partial charge is 0.407 e. The van der Waals surface area contributed by atoms with Crippen LogP contribution in [0.5, 0.6) is 0 Å². The number of hydrogen-bond acceptors (Lipinski definition) is 4. The normalized spacial score (nSPS) is 13.7. The summed E-state index contributed by atoms with van der Waals surface area (Å²) in [5, 5.41) is 12.5. The van der Waals surface area contributed by atoms with E-state index in [1.54, 1.807) is 0 Å². The van der Waals surface area contributed by atoms with Gasteiger partial charge in [-0.15, -0.1) is 0 Å². The molecule has 30 heavy (non-hydrogen) atoms. The summed E-state index contributed by atoms with van der Waals surface area (Å²) in [6, 6.07) is 15.6. The molecule has 5 heteroatoms. The van der Waals surface area contributed by atoms with Crippen LogP contribution in [0, 0.1) is 0 Å². The predicted octanol–water partition coefficient (Wildman–Crippen LogP) is 5.68. The van der Waals surface area contributed by atoms with Gasteiger partial charge in [-0.3, -0.25) is 0 Å². The topological polar surface area (TPSA) is 67.8 Å². The van der Waals surface area contributed by atoms with Crippen molar-refractivity contribution in [2.24, 2.45) is 0 Å². The minimum Gasteiger partial charge on any atom is -0.511 e. The minimum absolute atomic E-state index is 0.0295. The molecule has 0 radical (unpaired) electrons. The highest BCUT2D eigenvalue weighted by molar-refractivity contribution is 5.79. The average molecular weight is 408 g/mol. The Kier molecular flexibility index (Phi) is 6.20. The molecule has 0 aliphatic heterocycles. The van der Waals surface area contributed by atoms with E-state index in [1.807, 2.05) is 45.0 Å². The van der Waals surface area contributed by atoms with E-state index in [1.165, 1.54) is 11.1 Å². The second kappa shape index (κ2) is 8.66. The predicted molar refractivity (Wildman–Crippen MR) is 118 cm³/mol. The maximum absolute atomic E-state index is 12.4. The van der Waals surface area contributed by atoms with E-state index in [9.17, 15) is 9.90 Å². The Hall–Kier alpha value is -3.21. The van der Waals surface area contributed by atoms with Crippen molar-refractivity contribution in [1.82, 2.24) is 5.32 Å². The molecule has 0 saturated heterocycles. The van der Waals surface area contributed by atoms with E-state index in [0.29, 0.717) is 5.76 Å². The Morgan fingerprint density at radius 3 is 2.10 bits per heavy atom. The number of carbonyl (C=O) groups excluding carboxylic acids is 1. The zero-order valence-corrected chi connectivity index (χ0v) is 17.8. The highest BCUT2D eigenvalue weighted by atomic mass is 16.5. The van der Waals surface area contributed by atoms with Crippen LogP contribution < -0.4 is 5.32 Å². The van der Waals surface area contributed by atoms with Crippen molar-refractivity contribution in [2.75, 3.05) is 6.61 Å². The van der Waals surface area contributed by atoms with Gasteiger partial charge in [0, 0.05) is 12.3 Å². The standard InChI is InChI=1S/C25H29NO4/c1-16(30-25(3,4)5)14-23(17(2)27)26-24(28)29-15-22-20-12-8-6-10-18(20)19-11-7-9-13-21(19)22/h6-13,22-23,27H,1-2,14-15H2,3-5H3,(H,26,28)/t23-/m0/s1. The van der Waals surface area contributed by atoms with Gasteiger partial charge in [-0.05, 0) is 43.0 Å². The lowest BCUT2D eigenvalue weighted by Gasteiger charge is -2.25. The van der Waals surface area contributed by atoms with Gasteiger partial charge in [-0.2, -0.15) is 0 Å². The number of fused-ring (bicyclic) bond motifs is 3. The third-order valence-electron chi connectivity index (χ3n) is 4.92. The van der Waals surface area contributed by atoms with Gasteiger partial charge in [0.15, 0.2) is 0 Å². The average Bonchev–Trinajstić information content (AvgIpc) is 2.98. The molecular weight excluding hydrogens is 378 g/mol. The number of alkyl carbamates (subject to hydrolysis) is 1. The number of carbonyl (C=O) groups is 1. The molecule has 2 N–H and O–H groups in total. The first-order chi connectivity index (χ1) is 14.2. The van der Waals surface area contributed by atoms with Crippen LogP contribution in [0.3, 0.4) is 0 Å². The van der Waals surface area contributed by atoms with Crippen LogP contribution in [-0.4, -0.2) is 29.4 Å². The Morgan fingerprint density at radius 2 is 1.60 bits per heavy atom. The summed E-state index contributed by atoms with van der Waals surface area (Å²) < 4.78 is 11.2. The second-order valence-electron chi connectivity index (χ2n) is 8.47. The van der Waals surface area contributed by atoms with Gasteiger partial charge in [0.2, 0.25) is 0 Å². The zero-order valence-electron chi connectivity index (χ0n) is 17.8. The van der Waals surface area contributed by atoms with E-state index in [0.717, 1.165) is 11.1 Å². The number of benzene rings is 2. The fourth-order valence-electron chi connectivity index (χ4n) is 3.74. The fraction of sp³-hybridized carbons (Fsp3) is 0.320. The third-order valence-corrected chi connectivity index (χ3v) is 4.92. The number of aliphatic hydroxyl groups is 1. The molecule has 0 heterocycles. The van der Waals surface area contributed by atoms with E-state index in [4.69, 9.17) is 9.47 Å². The molecule has 5 nitrogen and oxygen atoms in total. The van der Waals surface area contributed by atoms with Crippen molar-refractivity contribution in [3.8, 4) is 11.1 Å². The second-order valence-corrected chi connectivity index (χ2v) is 8.47. The van der Waals surface area contributed by atoms with Crippen LogP contribution in [-0.2, 0) is 9.47 Å². The molecular formula is C25H29NO4. The van der Waals surface area contributed by atoms with Crippen molar-refractivity contribution in [1.29, 1.82) is 0 Å². The fourth-order valence-corrected chi connectivity index (χ4v) is 3.74. The summed E-state index contributed by atoms with van der Waals surface area (Å²) in [4.78, 5) is 12.4. The van der Waals surface area contributed by atoms with Crippen LogP contribution in [0.25, 0.3) is 11.1 Å². The van der Waals surface area contributed by atoms with Crippen molar-refractivity contribution in [2.45, 2.75) is 44.8 Å². The number of ether oxygens (including phenoxy) is 2. The van der Waals surface area contributed by atoms with Crippen molar-refractivity contribution < 1.29 is 19.4 Å². The molecule has 0 saturated carbocycles. The van der Waals surface area contributed by atoms with E-state index in [-0.39, 0.29) is 24.7 Å². The molecule has 2 aromatic rings. The molecule has 0 bridgehead atoms. The van der Waals surface area contributed by atoms with E-state index in [2.05, 4.69) is 42.7 Å². The molecule has 3 rings (SSSR count). The molecule has 0 fully saturated rings. The van der Waals surface area contributed by atoms with Crippen molar-refractivity contribution in [3.63, 3.8) is 0 Å². The van der Waals surface area contributed by atoms with Gasteiger partial charge in [0.1, 0.15) is 18.0 Å². The van der Waals surface area contributed by atoms with Gasteiger partial charge < -0.3 is 19.9 Å². The molecule has 0 aromatic heterocycles. The van der Waals surface area contributed by atoms with Crippen molar-refractivity contribution >= 4 is 6.09 Å². The maximum atomic E-state index is 12.4. The third kappa shape index (κ3) is 5.03. The highest BCUT2D eigenvalue weighted by Gasteiger charge is 2.29. The van der Waals surface area contributed by atoms with Gasteiger partial charge in [-0.1, -0.05) is 61.7 Å². The lowest BCUT2D eigenvalue weighted by atomic mass is 9.98. The van der Waals surface area contributed by atoms with E-state index < -0.39 is 17.7 Å². The molecule has 1 aliphatic carbocycles. The Labute approximate surface area is 178 Å². The SMILES string of the molecule is C=C(C[C@H](NC(=O)OCC1c2ccccc2-c2ccccc21)C(=C)O)OC(C)(C)C. The lowest BCUT2D eigenvalue weighted by Crippen LogP contribution is -2.38. The molecule has 158 valence electrons. The summed E-state index contributed by atoms with van der Waals surface area (Å²) in [5.41, 5.74) is 4.20. The number of aliphatic hydroxyl groups excluding tert-OH is 1. The summed E-state index contributed by atoms with van der Waals surface area (Å²) in [7, 11) is 0. The monoisotopic (exact) mass is 407 g/mol. The van der Waals surface area contributed by atoms with E-state index >= 15 is 0 Å². The number of amides is 1. The van der Waals surface area contributed by atoms with Crippen LogP contribution in [0.4, 0.5) is 4.79 Å². The quantitative estimate of drug-likeness (QED) is 0.579. The summed E-state index contributed by atoms with van der Waals surface area (Å²) in [6.07, 6.45) is -0.419. The van der Waals surface area contributed by atoms with Crippen LogP contribution in [0.15, 0.2) is 73.2 Å². The summed E-state index contributed by atoms with van der Waals surface area (Å²) in [5.74, 6) is 0.238. The first-order valence-electron chi connectivity index (χ1n) is 10.0. The summed E-state index contributed by atoms with van der Waals surface area (Å²) in [6.45, 7) is 13.3. The lowest BCUT2D eigenvalue weighted by molar-refractivity contribution is 0.0449. The zero-order chi connectivity index (χ0) is 21.9. The maximum Gasteiger partial charge on any atom is 0.407 e. The minimum atomic E-state index is -0.740. The molecule has 2 aromatic carbocycles. The molecule has 1 amide bonds. The highest BCUT2D eigenvalue weighted by Crippen LogP contribution is 2.44. The van der Waals surface area contributed by atoms with Gasteiger partial charge >= 0.3 is 6.09 Å². The summed E-state index contributed by atoms with van der Waals surface area (Å²) >= 11 is 0. The number of nitrogens with one attached hydrogen (secondary N) is 1. The Bertz CT molecular complexity index is 912. The van der Waals surface area contributed by atoms with Gasteiger partial charge in [-0.25, -0.2) is 4.79 Å². The molecule has 0 unspecified atom stereocenters. The van der Waals surface area contributed by atoms with Crippen molar-refractivity contribution in [3.05, 3.63) is 84.3 Å². The molecule has 0 spiro atoms. The van der Waals surface area contributed by atoms with Crippen LogP contribution in [0.2, 0.25) is 0 Å². The van der Waals surface area contributed by atoms with Crippen LogP contribution in [0.1, 0.15) is 44.2 Å².